The number of aliphatic hydroxyl groups is 1. The third-order valence-electron chi connectivity index (χ3n) is 4.42. The van der Waals surface area contributed by atoms with E-state index in [0.717, 1.165) is 25.6 Å². The van der Waals surface area contributed by atoms with Gasteiger partial charge in [-0.15, -0.1) is 0 Å². The van der Waals surface area contributed by atoms with Gasteiger partial charge in [0.05, 0.1) is 6.61 Å². The van der Waals surface area contributed by atoms with Crippen LogP contribution < -0.4 is 5.32 Å². The normalized spacial score (nSPS) is 22.5. The molecule has 0 aromatic heterocycles. The van der Waals surface area contributed by atoms with Crippen LogP contribution in [0, 0.1) is 11.7 Å². The number of likely N-dealkylation sites (tertiary alicyclic amines) is 1. The number of aliphatic hydroxyl groups excluding tert-OH is 1. The van der Waals surface area contributed by atoms with Gasteiger partial charge in [0.1, 0.15) is 5.82 Å². The molecule has 1 saturated carbocycles. The van der Waals surface area contributed by atoms with E-state index in [1.807, 2.05) is 0 Å². The molecule has 1 aromatic carbocycles. The first-order chi connectivity index (χ1) is 10.2. The fraction of sp³-hybridized carbons (Fsp3) is 0.562. The monoisotopic (exact) mass is 292 g/mol. The first-order valence-corrected chi connectivity index (χ1v) is 7.59. The van der Waals surface area contributed by atoms with Crippen molar-refractivity contribution in [1.29, 1.82) is 0 Å². The lowest BCUT2D eigenvalue weighted by Gasteiger charge is -2.15. The highest BCUT2D eigenvalue weighted by Gasteiger charge is 2.34. The average molecular weight is 292 g/mol. The maximum atomic E-state index is 13.6. The van der Waals surface area contributed by atoms with Crippen molar-refractivity contribution in [1.82, 2.24) is 10.2 Å². The number of amides is 1. The molecule has 1 saturated heterocycles. The van der Waals surface area contributed by atoms with E-state index < -0.39 is 5.82 Å². The topological polar surface area (TPSA) is 52.6 Å². The van der Waals surface area contributed by atoms with Gasteiger partial charge in [0, 0.05) is 30.3 Å². The number of hydrogen-bond acceptors (Lipinski definition) is 3. The highest BCUT2D eigenvalue weighted by Crippen LogP contribution is 2.31. The molecule has 1 heterocycles. The fourth-order valence-electron chi connectivity index (χ4n) is 2.96. The van der Waals surface area contributed by atoms with Crippen molar-refractivity contribution < 1.29 is 14.3 Å². The Balaban J connectivity index is 1.51. The van der Waals surface area contributed by atoms with Crippen molar-refractivity contribution in [2.24, 2.45) is 5.92 Å². The molecule has 114 valence electrons. The Morgan fingerprint density at radius 2 is 2.19 bits per heavy atom. The van der Waals surface area contributed by atoms with Crippen LogP contribution >= 0.6 is 0 Å². The van der Waals surface area contributed by atoms with E-state index in [1.165, 1.54) is 25.0 Å². The predicted molar refractivity (Wildman–Crippen MR) is 77.4 cm³/mol. The lowest BCUT2D eigenvalue weighted by atomic mass is 10.1. The number of halogens is 1. The molecule has 2 N–H and O–H groups in total. The number of nitrogens with one attached hydrogen (secondary N) is 1. The van der Waals surface area contributed by atoms with E-state index in [-0.39, 0.29) is 18.1 Å². The number of carbonyl (C=O) groups excluding carboxylic acids is 1. The minimum atomic E-state index is -0.536. The van der Waals surface area contributed by atoms with Gasteiger partial charge in [0.15, 0.2) is 0 Å². The molecule has 1 unspecified atom stereocenters. The molecule has 5 heteroatoms. The summed E-state index contributed by atoms with van der Waals surface area (Å²) in [4.78, 5) is 14.5. The summed E-state index contributed by atoms with van der Waals surface area (Å²) in [6.07, 6.45) is 3.75. The zero-order valence-electron chi connectivity index (χ0n) is 12.0. The molecule has 1 amide bonds. The first kappa shape index (κ1) is 14.5. The second-order valence-corrected chi connectivity index (χ2v) is 6.06. The second kappa shape index (κ2) is 6.12. The van der Waals surface area contributed by atoms with Crippen molar-refractivity contribution in [3.8, 4) is 0 Å². The van der Waals surface area contributed by atoms with E-state index in [4.69, 9.17) is 5.11 Å². The van der Waals surface area contributed by atoms with Gasteiger partial charge in [-0.3, -0.25) is 4.79 Å². The second-order valence-electron chi connectivity index (χ2n) is 6.06. The molecule has 21 heavy (non-hydrogen) atoms. The maximum absolute atomic E-state index is 13.6. The smallest absolute Gasteiger partial charge is 0.251 e. The highest BCUT2D eigenvalue weighted by molar-refractivity contribution is 5.94. The van der Waals surface area contributed by atoms with Crippen LogP contribution in [0.1, 0.15) is 35.2 Å². The molecule has 0 bridgehead atoms. The average Bonchev–Trinajstić information content (AvgIpc) is 3.23. The molecular weight excluding hydrogens is 271 g/mol. The van der Waals surface area contributed by atoms with Crippen molar-refractivity contribution in [3.05, 3.63) is 35.1 Å². The molecule has 1 aromatic rings. The molecule has 0 spiro atoms. The zero-order chi connectivity index (χ0) is 14.8. The Labute approximate surface area is 124 Å². The SMILES string of the molecule is O=C(NCC1CCN(C2CC2)C1)c1ccc(CO)c(F)c1. The summed E-state index contributed by atoms with van der Waals surface area (Å²) in [5.74, 6) is -0.287. The Hall–Kier alpha value is -1.46. The van der Waals surface area contributed by atoms with E-state index in [0.29, 0.717) is 18.0 Å². The molecule has 3 rings (SSSR count). The van der Waals surface area contributed by atoms with Gasteiger partial charge in [-0.1, -0.05) is 6.07 Å². The standard InChI is InChI=1S/C16H21FN2O2/c17-15-7-12(1-2-13(15)10-20)16(21)18-8-11-5-6-19(9-11)14-3-4-14/h1-2,7,11,14,20H,3-6,8-10H2,(H,18,21). The molecule has 2 aliphatic rings. The highest BCUT2D eigenvalue weighted by atomic mass is 19.1. The number of benzene rings is 1. The minimum Gasteiger partial charge on any atom is -0.392 e. The van der Waals surface area contributed by atoms with Gasteiger partial charge in [0.2, 0.25) is 0 Å². The summed E-state index contributed by atoms with van der Waals surface area (Å²) in [7, 11) is 0. The Morgan fingerprint density at radius 1 is 1.38 bits per heavy atom. The van der Waals surface area contributed by atoms with Crippen LogP contribution in [-0.4, -0.2) is 41.6 Å². The zero-order valence-corrected chi connectivity index (χ0v) is 12.0. The maximum Gasteiger partial charge on any atom is 0.251 e. The van der Waals surface area contributed by atoms with Crippen molar-refractivity contribution in [2.45, 2.75) is 31.9 Å². The quantitative estimate of drug-likeness (QED) is 0.865. The van der Waals surface area contributed by atoms with E-state index in [9.17, 15) is 9.18 Å². The Kier molecular flexibility index (Phi) is 4.22. The van der Waals surface area contributed by atoms with Crippen LogP contribution in [0.15, 0.2) is 18.2 Å². The summed E-state index contributed by atoms with van der Waals surface area (Å²) < 4.78 is 13.6. The Bertz CT molecular complexity index is 531. The van der Waals surface area contributed by atoms with Crippen LogP contribution in [0.5, 0.6) is 0 Å². The Morgan fingerprint density at radius 3 is 2.86 bits per heavy atom. The summed E-state index contributed by atoms with van der Waals surface area (Å²) in [5.41, 5.74) is 0.518. The van der Waals surface area contributed by atoms with Gasteiger partial charge in [-0.2, -0.15) is 0 Å². The fourth-order valence-corrected chi connectivity index (χ4v) is 2.96. The molecule has 0 radical (unpaired) electrons. The molecule has 1 atom stereocenters. The molecule has 1 aliphatic carbocycles. The molecule has 4 nitrogen and oxygen atoms in total. The van der Waals surface area contributed by atoms with Gasteiger partial charge in [0.25, 0.3) is 5.91 Å². The van der Waals surface area contributed by atoms with Gasteiger partial charge < -0.3 is 15.3 Å². The van der Waals surface area contributed by atoms with Crippen molar-refractivity contribution >= 4 is 5.91 Å². The third kappa shape index (κ3) is 3.41. The minimum absolute atomic E-state index is 0.211. The lowest BCUT2D eigenvalue weighted by molar-refractivity contribution is 0.0946. The van der Waals surface area contributed by atoms with Crippen LogP contribution in [-0.2, 0) is 6.61 Å². The molecule has 1 aliphatic heterocycles. The number of nitrogens with zero attached hydrogens (tertiary/aromatic N) is 1. The lowest BCUT2D eigenvalue weighted by Crippen LogP contribution is -2.31. The van der Waals surface area contributed by atoms with Crippen LogP contribution in [0.2, 0.25) is 0 Å². The van der Waals surface area contributed by atoms with Crippen LogP contribution in [0.4, 0.5) is 4.39 Å². The number of hydrogen-bond donors (Lipinski definition) is 2. The molecular formula is C16H21FN2O2. The number of carbonyl (C=O) groups is 1. The van der Waals surface area contributed by atoms with Gasteiger partial charge >= 0.3 is 0 Å². The van der Waals surface area contributed by atoms with E-state index in [2.05, 4.69) is 10.2 Å². The summed E-state index contributed by atoms with van der Waals surface area (Å²) >= 11 is 0. The molecule has 2 fully saturated rings. The predicted octanol–water partition coefficient (Wildman–Crippen LogP) is 1.53. The van der Waals surface area contributed by atoms with E-state index in [1.54, 1.807) is 6.07 Å². The first-order valence-electron chi connectivity index (χ1n) is 7.59. The van der Waals surface area contributed by atoms with Crippen LogP contribution in [0.25, 0.3) is 0 Å². The summed E-state index contributed by atoms with van der Waals surface area (Å²) in [6.45, 7) is 2.48. The number of rotatable bonds is 5. The largest absolute Gasteiger partial charge is 0.392 e. The van der Waals surface area contributed by atoms with Gasteiger partial charge in [-0.05, 0) is 43.9 Å². The van der Waals surface area contributed by atoms with Crippen molar-refractivity contribution in [3.63, 3.8) is 0 Å². The van der Waals surface area contributed by atoms with Crippen molar-refractivity contribution in [2.75, 3.05) is 19.6 Å². The summed E-state index contributed by atoms with van der Waals surface area (Å²) in [6, 6.07) is 4.97. The van der Waals surface area contributed by atoms with Gasteiger partial charge in [-0.25, -0.2) is 4.39 Å². The summed E-state index contributed by atoms with van der Waals surface area (Å²) in [5, 5.41) is 11.8. The van der Waals surface area contributed by atoms with Crippen LogP contribution in [0.3, 0.4) is 0 Å². The van der Waals surface area contributed by atoms with E-state index >= 15 is 0 Å². The third-order valence-corrected chi connectivity index (χ3v) is 4.42.